The van der Waals surface area contributed by atoms with Gasteiger partial charge < -0.3 is 5.32 Å². The van der Waals surface area contributed by atoms with Crippen LogP contribution in [0.1, 0.15) is 16.1 Å². The first-order valence-electron chi connectivity index (χ1n) is 6.21. The highest BCUT2D eigenvalue weighted by Crippen LogP contribution is 2.14. The van der Waals surface area contributed by atoms with Crippen LogP contribution in [0.3, 0.4) is 0 Å². The van der Waals surface area contributed by atoms with Gasteiger partial charge >= 0.3 is 0 Å². The van der Waals surface area contributed by atoms with E-state index < -0.39 is 0 Å². The number of nitrogens with one attached hydrogen (secondary N) is 1. The molecule has 1 amide bonds. The zero-order valence-corrected chi connectivity index (χ0v) is 12.4. The fourth-order valence-electron chi connectivity index (χ4n) is 1.79. The molecule has 0 fully saturated rings. The van der Waals surface area contributed by atoms with E-state index in [9.17, 15) is 4.79 Å². The predicted octanol–water partition coefficient (Wildman–Crippen LogP) is 2.91. The van der Waals surface area contributed by atoms with Crippen LogP contribution in [0.4, 0.5) is 0 Å². The Hall–Kier alpha value is -2.18. The minimum absolute atomic E-state index is 0.192. The van der Waals surface area contributed by atoms with E-state index in [4.69, 9.17) is 11.6 Å². The molecule has 0 bridgehead atoms. The van der Waals surface area contributed by atoms with E-state index in [-0.39, 0.29) is 5.91 Å². The normalized spacial score (nSPS) is 10.5. The van der Waals surface area contributed by atoms with E-state index in [1.807, 2.05) is 17.5 Å². The summed E-state index contributed by atoms with van der Waals surface area (Å²) >= 11 is 7.43. The lowest BCUT2D eigenvalue weighted by molar-refractivity contribution is 0.0950. The average molecular weight is 319 g/mol. The van der Waals surface area contributed by atoms with Gasteiger partial charge in [-0.25, -0.2) is 4.68 Å². The van der Waals surface area contributed by atoms with E-state index >= 15 is 0 Å². The second-order valence-corrected chi connectivity index (χ2v) is 5.66. The van der Waals surface area contributed by atoms with Crippen molar-refractivity contribution in [1.29, 1.82) is 0 Å². The van der Waals surface area contributed by atoms with Crippen molar-refractivity contribution in [2.75, 3.05) is 0 Å². The summed E-state index contributed by atoms with van der Waals surface area (Å²) in [6.07, 6.45) is 1.80. The monoisotopic (exact) mass is 318 g/mol. The van der Waals surface area contributed by atoms with Gasteiger partial charge in [0, 0.05) is 10.6 Å². The van der Waals surface area contributed by atoms with Gasteiger partial charge in [0.15, 0.2) is 0 Å². The van der Waals surface area contributed by atoms with Crippen LogP contribution in [0.25, 0.3) is 5.00 Å². The third-order valence-corrected chi connectivity index (χ3v) is 3.88. The Labute approximate surface area is 130 Å². The first-order chi connectivity index (χ1) is 10.2. The molecule has 0 saturated heterocycles. The van der Waals surface area contributed by atoms with E-state index in [0.717, 1.165) is 5.00 Å². The van der Waals surface area contributed by atoms with Gasteiger partial charge in [-0.05, 0) is 35.7 Å². The molecule has 1 N–H and O–H groups in total. The van der Waals surface area contributed by atoms with Gasteiger partial charge in [-0.2, -0.15) is 0 Å². The van der Waals surface area contributed by atoms with E-state index in [1.165, 1.54) is 0 Å². The number of halogens is 1. The second-order valence-electron chi connectivity index (χ2n) is 4.30. The van der Waals surface area contributed by atoms with E-state index in [1.54, 1.807) is 46.5 Å². The van der Waals surface area contributed by atoms with Crippen molar-refractivity contribution >= 4 is 28.8 Å². The third-order valence-electron chi connectivity index (χ3n) is 2.79. The molecule has 5 nitrogen and oxygen atoms in total. The van der Waals surface area contributed by atoms with Gasteiger partial charge in [-0.1, -0.05) is 22.9 Å². The summed E-state index contributed by atoms with van der Waals surface area (Å²) in [6.45, 7) is 0.316. The number of rotatable bonds is 4. The molecule has 0 aliphatic rings. The maximum Gasteiger partial charge on any atom is 0.251 e. The summed E-state index contributed by atoms with van der Waals surface area (Å²) in [5.41, 5.74) is 1.21. The highest BCUT2D eigenvalue weighted by Gasteiger charge is 2.08. The smallest absolute Gasteiger partial charge is 0.251 e. The van der Waals surface area contributed by atoms with Gasteiger partial charge in [0.05, 0.1) is 12.7 Å². The van der Waals surface area contributed by atoms with Crippen molar-refractivity contribution in [1.82, 2.24) is 20.3 Å². The molecule has 21 heavy (non-hydrogen) atoms. The summed E-state index contributed by atoms with van der Waals surface area (Å²) < 4.78 is 1.69. The van der Waals surface area contributed by atoms with Crippen LogP contribution in [0.5, 0.6) is 0 Å². The molecule has 0 saturated carbocycles. The number of carbonyl (C=O) groups is 1. The largest absolute Gasteiger partial charge is 0.346 e. The summed E-state index contributed by atoms with van der Waals surface area (Å²) in [7, 11) is 0. The number of carbonyl (C=O) groups excluding carboxylic acids is 1. The molecule has 0 aliphatic heterocycles. The number of amides is 1. The molecule has 0 aliphatic carbocycles. The Kier molecular flexibility index (Phi) is 3.98. The predicted molar refractivity (Wildman–Crippen MR) is 81.9 cm³/mol. The van der Waals surface area contributed by atoms with Gasteiger partial charge in [0.1, 0.15) is 10.7 Å². The third kappa shape index (κ3) is 3.29. The van der Waals surface area contributed by atoms with Crippen LogP contribution < -0.4 is 5.32 Å². The van der Waals surface area contributed by atoms with Crippen LogP contribution in [0.15, 0.2) is 48.0 Å². The quantitative estimate of drug-likeness (QED) is 0.804. The van der Waals surface area contributed by atoms with Crippen molar-refractivity contribution in [3.8, 4) is 5.00 Å². The highest BCUT2D eigenvalue weighted by atomic mass is 35.5. The maximum atomic E-state index is 12.0. The standard InChI is InChI=1S/C14H11ClN4OS/c15-11-4-1-3-10(7-11)14(20)16-8-12-9-19(18-17-12)13-5-2-6-21-13/h1-7,9H,8H2,(H,16,20). The molecule has 2 aromatic heterocycles. The molecule has 2 heterocycles. The Balaban J connectivity index is 1.64. The first kappa shape index (κ1) is 13.8. The van der Waals surface area contributed by atoms with Gasteiger partial charge in [-0.15, -0.1) is 16.4 Å². The van der Waals surface area contributed by atoms with Crippen LogP contribution in [-0.4, -0.2) is 20.9 Å². The Morgan fingerprint density at radius 3 is 3.00 bits per heavy atom. The number of aromatic nitrogens is 3. The lowest BCUT2D eigenvalue weighted by atomic mass is 10.2. The Morgan fingerprint density at radius 1 is 1.33 bits per heavy atom. The molecule has 0 spiro atoms. The molecule has 3 rings (SSSR count). The molecule has 0 atom stereocenters. The SMILES string of the molecule is O=C(NCc1cn(-c2cccs2)nn1)c1cccc(Cl)c1. The van der Waals surface area contributed by atoms with Crippen molar-refractivity contribution < 1.29 is 4.79 Å². The van der Waals surface area contributed by atoms with Crippen molar-refractivity contribution in [2.24, 2.45) is 0 Å². The Morgan fingerprint density at radius 2 is 2.24 bits per heavy atom. The highest BCUT2D eigenvalue weighted by molar-refractivity contribution is 7.12. The fourth-order valence-corrected chi connectivity index (χ4v) is 2.63. The zero-order chi connectivity index (χ0) is 14.7. The molecular formula is C14H11ClN4OS. The van der Waals surface area contributed by atoms with Crippen LogP contribution in [-0.2, 0) is 6.54 Å². The topological polar surface area (TPSA) is 59.8 Å². The molecule has 1 aromatic carbocycles. The second kappa shape index (κ2) is 6.07. The Bertz CT molecular complexity index is 754. The number of hydrogen-bond acceptors (Lipinski definition) is 4. The number of benzene rings is 1. The lowest BCUT2D eigenvalue weighted by Gasteiger charge is -2.03. The van der Waals surface area contributed by atoms with Crippen LogP contribution >= 0.6 is 22.9 Å². The number of hydrogen-bond donors (Lipinski definition) is 1. The minimum atomic E-state index is -0.192. The molecule has 7 heteroatoms. The van der Waals surface area contributed by atoms with Crippen molar-refractivity contribution in [3.63, 3.8) is 0 Å². The number of nitrogens with zero attached hydrogens (tertiary/aromatic N) is 3. The fraction of sp³-hybridized carbons (Fsp3) is 0.0714. The summed E-state index contributed by atoms with van der Waals surface area (Å²) in [6, 6.07) is 10.7. The average Bonchev–Trinajstić information content (AvgIpc) is 3.15. The van der Waals surface area contributed by atoms with Gasteiger partial charge in [-0.3, -0.25) is 4.79 Å². The van der Waals surface area contributed by atoms with Crippen LogP contribution in [0.2, 0.25) is 5.02 Å². The molecular weight excluding hydrogens is 308 g/mol. The summed E-state index contributed by atoms with van der Waals surface area (Å²) in [5.74, 6) is -0.192. The van der Waals surface area contributed by atoms with E-state index in [2.05, 4.69) is 15.6 Å². The van der Waals surface area contributed by atoms with Crippen molar-refractivity contribution in [2.45, 2.75) is 6.54 Å². The lowest BCUT2D eigenvalue weighted by Crippen LogP contribution is -2.22. The van der Waals surface area contributed by atoms with Gasteiger partial charge in [0.25, 0.3) is 5.91 Å². The summed E-state index contributed by atoms with van der Waals surface area (Å²) in [4.78, 5) is 12.0. The molecule has 3 aromatic rings. The van der Waals surface area contributed by atoms with Crippen LogP contribution in [0, 0.1) is 0 Å². The summed E-state index contributed by atoms with van der Waals surface area (Å²) in [5, 5.41) is 14.3. The zero-order valence-electron chi connectivity index (χ0n) is 10.9. The maximum absolute atomic E-state index is 12.0. The van der Waals surface area contributed by atoms with Gasteiger partial charge in [0.2, 0.25) is 0 Å². The number of thiophene rings is 1. The molecule has 0 radical (unpaired) electrons. The van der Waals surface area contributed by atoms with E-state index in [0.29, 0.717) is 22.8 Å². The molecule has 106 valence electrons. The van der Waals surface area contributed by atoms with Crippen molar-refractivity contribution in [3.05, 3.63) is 64.3 Å². The minimum Gasteiger partial charge on any atom is -0.346 e. The molecule has 0 unspecified atom stereocenters. The first-order valence-corrected chi connectivity index (χ1v) is 7.47.